The molecule has 1 aromatic rings. The predicted octanol–water partition coefficient (Wildman–Crippen LogP) is 2.83. The van der Waals surface area contributed by atoms with Gasteiger partial charge in [0.05, 0.1) is 14.2 Å². The molecule has 0 spiro atoms. The van der Waals surface area contributed by atoms with Crippen molar-refractivity contribution in [2.45, 2.75) is 32.2 Å². The molecule has 21 heavy (non-hydrogen) atoms. The first-order valence-corrected chi connectivity index (χ1v) is 7.85. The molecule has 0 aromatic heterocycles. The Morgan fingerprint density at radius 1 is 1.19 bits per heavy atom. The first kappa shape index (κ1) is 16.1. The van der Waals surface area contributed by atoms with Crippen molar-refractivity contribution in [3.8, 4) is 11.5 Å². The monoisotopic (exact) mass is 292 g/mol. The van der Waals surface area contributed by atoms with Gasteiger partial charge in [0.1, 0.15) is 0 Å². The molecule has 1 heterocycles. The first-order valence-electron chi connectivity index (χ1n) is 7.85. The van der Waals surface area contributed by atoms with Gasteiger partial charge in [-0.1, -0.05) is 13.0 Å². The quantitative estimate of drug-likeness (QED) is 0.906. The number of ether oxygens (including phenoxy) is 2. The Morgan fingerprint density at radius 2 is 1.95 bits per heavy atom. The summed E-state index contributed by atoms with van der Waals surface area (Å²) in [4.78, 5) is 2.52. The number of benzene rings is 1. The number of rotatable bonds is 5. The van der Waals surface area contributed by atoms with Crippen molar-refractivity contribution in [3.63, 3.8) is 0 Å². The van der Waals surface area contributed by atoms with Crippen LogP contribution in [0.1, 0.15) is 37.8 Å². The van der Waals surface area contributed by atoms with E-state index in [2.05, 4.69) is 24.0 Å². The lowest BCUT2D eigenvalue weighted by Crippen LogP contribution is -2.34. The van der Waals surface area contributed by atoms with E-state index in [1.807, 2.05) is 6.07 Å². The zero-order chi connectivity index (χ0) is 15.2. The molecule has 0 radical (unpaired) electrons. The van der Waals surface area contributed by atoms with E-state index in [0.717, 1.165) is 30.5 Å². The van der Waals surface area contributed by atoms with E-state index in [4.69, 9.17) is 15.2 Å². The highest BCUT2D eigenvalue weighted by Gasteiger charge is 2.23. The van der Waals surface area contributed by atoms with Gasteiger partial charge in [0.15, 0.2) is 11.5 Å². The van der Waals surface area contributed by atoms with Gasteiger partial charge in [0.2, 0.25) is 0 Å². The fourth-order valence-electron chi connectivity index (χ4n) is 3.15. The van der Waals surface area contributed by atoms with Crippen molar-refractivity contribution < 1.29 is 9.47 Å². The highest BCUT2D eigenvalue weighted by molar-refractivity contribution is 5.43. The average Bonchev–Trinajstić information content (AvgIpc) is 2.73. The van der Waals surface area contributed by atoms with Crippen LogP contribution in [0.25, 0.3) is 0 Å². The molecule has 0 aliphatic carbocycles. The van der Waals surface area contributed by atoms with E-state index in [1.54, 1.807) is 14.2 Å². The molecule has 2 N–H and O–H groups in total. The van der Waals surface area contributed by atoms with Gasteiger partial charge in [-0.25, -0.2) is 0 Å². The van der Waals surface area contributed by atoms with Crippen LogP contribution in [0, 0.1) is 5.92 Å². The fraction of sp³-hybridized carbons (Fsp3) is 0.647. The maximum atomic E-state index is 6.07. The molecule has 4 nitrogen and oxygen atoms in total. The van der Waals surface area contributed by atoms with Gasteiger partial charge in [0, 0.05) is 12.6 Å². The summed E-state index contributed by atoms with van der Waals surface area (Å²) in [6.07, 6.45) is 3.83. The van der Waals surface area contributed by atoms with Crippen LogP contribution in [0.4, 0.5) is 0 Å². The lowest BCUT2D eigenvalue weighted by Gasteiger charge is -2.30. The van der Waals surface area contributed by atoms with Crippen LogP contribution in [0.5, 0.6) is 11.5 Å². The molecule has 4 heteroatoms. The van der Waals surface area contributed by atoms with E-state index in [9.17, 15) is 0 Å². The Labute approximate surface area is 128 Å². The molecule has 1 aliphatic heterocycles. The first-order chi connectivity index (χ1) is 10.2. The Bertz CT molecular complexity index is 450. The van der Waals surface area contributed by atoms with Crippen LogP contribution in [-0.4, -0.2) is 38.8 Å². The summed E-state index contributed by atoms with van der Waals surface area (Å²) in [5.74, 6) is 2.36. The van der Waals surface area contributed by atoms with Crippen molar-refractivity contribution in [3.05, 3.63) is 23.8 Å². The molecule has 1 aliphatic rings. The predicted molar refractivity (Wildman–Crippen MR) is 85.9 cm³/mol. The summed E-state index contributed by atoms with van der Waals surface area (Å²) in [7, 11) is 3.33. The number of hydrogen-bond donors (Lipinski definition) is 1. The highest BCUT2D eigenvalue weighted by Crippen LogP contribution is 2.32. The van der Waals surface area contributed by atoms with Gasteiger partial charge in [-0.15, -0.1) is 0 Å². The number of methoxy groups -OCH3 is 2. The highest BCUT2D eigenvalue weighted by atomic mass is 16.5. The Balaban J connectivity index is 2.20. The van der Waals surface area contributed by atoms with E-state index in [1.165, 1.54) is 24.8 Å². The molecule has 0 bridgehead atoms. The summed E-state index contributed by atoms with van der Waals surface area (Å²) in [5, 5.41) is 0. The third-order valence-corrected chi connectivity index (χ3v) is 4.51. The fourth-order valence-corrected chi connectivity index (χ4v) is 3.15. The smallest absolute Gasteiger partial charge is 0.161 e. The molecule has 2 atom stereocenters. The minimum absolute atomic E-state index is 0.259. The van der Waals surface area contributed by atoms with Gasteiger partial charge in [-0.05, 0) is 56.0 Å². The van der Waals surface area contributed by atoms with Gasteiger partial charge >= 0.3 is 0 Å². The molecule has 0 saturated carbocycles. The zero-order valence-corrected chi connectivity index (χ0v) is 13.5. The summed E-state index contributed by atoms with van der Waals surface area (Å²) >= 11 is 0. The largest absolute Gasteiger partial charge is 0.493 e. The number of nitrogens with zero attached hydrogens (tertiary/aromatic N) is 1. The molecule has 2 unspecified atom stereocenters. The van der Waals surface area contributed by atoms with E-state index in [-0.39, 0.29) is 6.04 Å². The molecule has 2 rings (SSSR count). The van der Waals surface area contributed by atoms with Crippen molar-refractivity contribution in [1.29, 1.82) is 0 Å². The minimum atomic E-state index is 0.259. The summed E-state index contributed by atoms with van der Waals surface area (Å²) < 4.78 is 10.7. The second-order valence-corrected chi connectivity index (χ2v) is 5.94. The van der Waals surface area contributed by atoms with Gasteiger partial charge in [-0.3, -0.25) is 4.90 Å². The lowest BCUT2D eigenvalue weighted by atomic mass is 10.0. The summed E-state index contributed by atoms with van der Waals surface area (Å²) in [6.45, 7) is 5.22. The summed E-state index contributed by atoms with van der Waals surface area (Å²) in [5.41, 5.74) is 7.28. The van der Waals surface area contributed by atoms with Crippen molar-refractivity contribution in [2.75, 3.05) is 33.9 Å². The minimum Gasteiger partial charge on any atom is -0.493 e. The maximum Gasteiger partial charge on any atom is 0.161 e. The number of nitrogens with two attached hydrogens (primary N) is 1. The molecular weight excluding hydrogens is 264 g/mol. The van der Waals surface area contributed by atoms with Gasteiger partial charge in [-0.2, -0.15) is 0 Å². The molecule has 1 aromatic carbocycles. The zero-order valence-electron chi connectivity index (χ0n) is 13.5. The van der Waals surface area contributed by atoms with Crippen LogP contribution < -0.4 is 15.2 Å². The Hall–Kier alpha value is -1.26. The number of hydrogen-bond acceptors (Lipinski definition) is 4. The van der Waals surface area contributed by atoms with Crippen LogP contribution in [0.15, 0.2) is 18.2 Å². The van der Waals surface area contributed by atoms with Crippen molar-refractivity contribution in [1.82, 2.24) is 4.90 Å². The van der Waals surface area contributed by atoms with Crippen LogP contribution in [0.2, 0.25) is 0 Å². The third-order valence-electron chi connectivity index (χ3n) is 4.51. The average molecular weight is 292 g/mol. The SMILES string of the molecule is COc1ccc(C(CN)N2CCCC(C)CC2)cc1OC. The van der Waals surface area contributed by atoms with E-state index >= 15 is 0 Å². The molecular formula is C17H28N2O2. The molecule has 1 saturated heterocycles. The topological polar surface area (TPSA) is 47.7 Å². The Kier molecular flexibility index (Phi) is 5.88. The van der Waals surface area contributed by atoms with Crippen LogP contribution in [0.3, 0.4) is 0 Å². The Morgan fingerprint density at radius 3 is 2.62 bits per heavy atom. The third kappa shape index (κ3) is 3.89. The number of likely N-dealkylation sites (tertiary alicyclic amines) is 1. The van der Waals surface area contributed by atoms with E-state index < -0.39 is 0 Å². The normalized spacial score (nSPS) is 21.6. The van der Waals surface area contributed by atoms with Gasteiger partial charge in [0.25, 0.3) is 0 Å². The van der Waals surface area contributed by atoms with Crippen LogP contribution >= 0.6 is 0 Å². The van der Waals surface area contributed by atoms with Crippen molar-refractivity contribution >= 4 is 0 Å². The molecule has 0 amide bonds. The standard InChI is InChI=1S/C17H28N2O2/c1-13-5-4-9-19(10-8-13)15(12-18)14-6-7-16(20-2)17(11-14)21-3/h6-7,11,13,15H,4-5,8-10,12,18H2,1-3H3. The van der Waals surface area contributed by atoms with Crippen LogP contribution in [-0.2, 0) is 0 Å². The lowest BCUT2D eigenvalue weighted by molar-refractivity contribution is 0.207. The molecule has 118 valence electrons. The summed E-state index contributed by atoms with van der Waals surface area (Å²) in [6, 6.07) is 6.39. The second-order valence-electron chi connectivity index (χ2n) is 5.94. The van der Waals surface area contributed by atoms with E-state index in [0.29, 0.717) is 6.54 Å². The second kappa shape index (κ2) is 7.66. The molecule has 1 fully saturated rings. The van der Waals surface area contributed by atoms with Crippen molar-refractivity contribution in [2.24, 2.45) is 11.7 Å². The van der Waals surface area contributed by atoms with Gasteiger partial charge < -0.3 is 15.2 Å². The maximum absolute atomic E-state index is 6.07.